The van der Waals surface area contributed by atoms with Gasteiger partial charge in [-0.15, -0.1) is 0 Å². The lowest BCUT2D eigenvalue weighted by Gasteiger charge is -2.30. The molecular weight excluding hydrogens is 623 g/mol. The summed E-state index contributed by atoms with van der Waals surface area (Å²) in [7, 11) is 0. The van der Waals surface area contributed by atoms with Crippen LogP contribution in [0.5, 0.6) is 17.2 Å². The summed E-state index contributed by atoms with van der Waals surface area (Å²) in [4.78, 5) is 0. The molecule has 3 heteroatoms. The highest BCUT2D eigenvalue weighted by atomic mass is 16.5. The van der Waals surface area contributed by atoms with Crippen molar-refractivity contribution >= 4 is 27.4 Å². The number of hydrogen-bond donors (Lipinski definition) is 0. The quantitative estimate of drug-likeness (QED) is 0.189. The molecule has 0 amide bonds. The average Bonchev–Trinajstić information content (AvgIpc) is 3.54. The first-order valence-electron chi connectivity index (χ1n) is 17.5. The highest BCUT2D eigenvalue weighted by molar-refractivity contribution is 6.12. The van der Waals surface area contributed by atoms with Gasteiger partial charge in [0.15, 0.2) is 0 Å². The average molecular weight is 656 g/mol. The Labute approximate surface area is 297 Å². The van der Waals surface area contributed by atoms with Gasteiger partial charge in [-0.1, -0.05) is 140 Å². The van der Waals surface area contributed by atoms with Crippen LogP contribution < -0.4 is 9.47 Å². The van der Waals surface area contributed by atoms with Crippen LogP contribution in [0, 0.1) is 0 Å². The Kier molecular flexibility index (Phi) is 6.95. The fourth-order valence-corrected chi connectivity index (χ4v) is 8.06. The maximum absolute atomic E-state index is 7.20. The van der Waals surface area contributed by atoms with Gasteiger partial charge in [-0.3, -0.25) is 0 Å². The summed E-state index contributed by atoms with van der Waals surface area (Å²) in [5, 5.41) is 2.49. The number of hydrogen-bond acceptors (Lipinski definition) is 2. The number of para-hydroxylation sites is 5. The second-order valence-electron chi connectivity index (χ2n) is 13.1. The van der Waals surface area contributed by atoms with Crippen molar-refractivity contribution in [3.63, 3.8) is 0 Å². The first-order chi connectivity index (χ1) is 25.3. The molecule has 1 aliphatic heterocycles. The lowest BCUT2D eigenvalue weighted by molar-refractivity contribution is 0.438. The first kappa shape index (κ1) is 29.3. The van der Waals surface area contributed by atoms with Crippen LogP contribution in [0.2, 0.25) is 0 Å². The number of nitrogens with zero attached hydrogens (tertiary/aromatic N) is 1. The Hall–Kier alpha value is -6.58. The Morgan fingerprint density at radius 2 is 1.10 bits per heavy atom. The lowest BCUT2D eigenvalue weighted by atomic mass is 9.78. The van der Waals surface area contributed by atoms with E-state index in [0.717, 1.165) is 68.5 Å². The van der Waals surface area contributed by atoms with E-state index in [1.54, 1.807) is 0 Å². The van der Waals surface area contributed by atoms with E-state index in [0.29, 0.717) is 0 Å². The van der Waals surface area contributed by atoms with Gasteiger partial charge >= 0.3 is 0 Å². The monoisotopic (exact) mass is 655 g/mol. The molecule has 242 valence electrons. The Morgan fingerprint density at radius 1 is 0.490 bits per heavy atom. The number of benzene rings is 7. The van der Waals surface area contributed by atoms with E-state index in [9.17, 15) is 0 Å². The fraction of sp³-hybridized carbons (Fsp3) is 0.0417. The van der Waals surface area contributed by atoms with Crippen molar-refractivity contribution in [3.05, 3.63) is 199 Å². The minimum absolute atomic E-state index is 0.0149. The molecule has 0 radical (unpaired) electrons. The first-order valence-corrected chi connectivity index (χ1v) is 17.5. The highest BCUT2D eigenvalue weighted by Gasteiger charge is 2.32. The molecule has 1 aliphatic carbocycles. The Bertz CT molecular complexity index is 2660. The van der Waals surface area contributed by atoms with E-state index < -0.39 is 0 Å². The molecule has 0 N–H and O–H groups in total. The van der Waals surface area contributed by atoms with Gasteiger partial charge in [-0.2, -0.15) is 0 Å². The second-order valence-corrected chi connectivity index (χ2v) is 13.1. The number of ether oxygens (including phenoxy) is 2. The third kappa shape index (κ3) is 4.81. The third-order valence-electron chi connectivity index (χ3n) is 10.3. The van der Waals surface area contributed by atoms with E-state index in [4.69, 9.17) is 9.47 Å². The summed E-state index contributed by atoms with van der Waals surface area (Å²) in [6.07, 6.45) is 5.24. The second kappa shape index (κ2) is 12.1. The minimum atomic E-state index is -0.0149. The summed E-state index contributed by atoms with van der Waals surface area (Å²) in [6.45, 7) is 0. The van der Waals surface area contributed by atoms with Crippen molar-refractivity contribution in [1.82, 2.24) is 4.57 Å². The predicted octanol–water partition coefficient (Wildman–Crippen LogP) is 12.8. The summed E-state index contributed by atoms with van der Waals surface area (Å²) in [5.74, 6) is 3.23. The standard InChI is InChI=1S/C48H33NO2/c1-3-16-32(17-4-1)34-23-13-26-40-47-38(37-24-14-28-42-46(37)39-22-7-10-27-41(39)49(42)33-18-5-2-6-19-33)25-15-31-45(47)50-43-29-11-8-20-35(43)36-21-9-12-30-44(36)51-48(34)40/h1-24,26-31,38H,25H2. The maximum Gasteiger partial charge on any atom is 0.142 e. The number of fused-ring (bicyclic) bond motifs is 8. The normalized spacial score (nSPS) is 14.9. The molecule has 51 heavy (non-hydrogen) atoms. The molecule has 3 nitrogen and oxygen atoms in total. The van der Waals surface area contributed by atoms with Crippen LogP contribution in [0.3, 0.4) is 0 Å². The number of rotatable bonds is 3. The topological polar surface area (TPSA) is 23.4 Å². The summed E-state index contributed by atoms with van der Waals surface area (Å²) in [6, 6.07) is 59.8. The van der Waals surface area contributed by atoms with Crippen LogP contribution in [0.15, 0.2) is 188 Å². The number of aromatic nitrogens is 1. The fourth-order valence-electron chi connectivity index (χ4n) is 8.06. The van der Waals surface area contributed by atoms with Crippen molar-refractivity contribution in [3.8, 4) is 45.2 Å². The zero-order valence-corrected chi connectivity index (χ0v) is 27.9. The zero-order chi connectivity index (χ0) is 33.7. The van der Waals surface area contributed by atoms with Gasteiger partial charge in [0.05, 0.1) is 11.0 Å². The molecule has 7 aromatic carbocycles. The van der Waals surface area contributed by atoms with Crippen LogP contribution >= 0.6 is 0 Å². The largest absolute Gasteiger partial charge is 0.456 e. The molecular formula is C48H33NO2. The Balaban J connectivity index is 1.28. The molecule has 0 bridgehead atoms. The zero-order valence-electron chi connectivity index (χ0n) is 27.9. The molecule has 8 aromatic rings. The van der Waals surface area contributed by atoms with Crippen LogP contribution in [0.4, 0.5) is 0 Å². The van der Waals surface area contributed by atoms with Gasteiger partial charge in [-0.05, 0) is 60.0 Å². The van der Waals surface area contributed by atoms with E-state index in [-0.39, 0.29) is 5.92 Å². The van der Waals surface area contributed by atoms with Crippen LogP contribution in [0.1, 0.15) is 23.5 Å². The van der Waals surface area contributed by atoms with Gasteiger partial charge in [-0.25, -0.2) is 0 Å². The lowest BCUT2D eigenvalue weighted by Crippen LogP contribution is -2.13. The van der Waals surface area contributed by atoms with E-state index >= 15 is 0 Å². The molecule has 0 spiro atoms. The predicted molar refractivity (Wildman–Crippen MR) is 209 cm³/mol. The van der Waals surface area contributed by atoms with Crippen molar-refractivity contribution in [2.24, 2.45) is 0 Å². The van der Waals surface area contributed by atoms with Crippen molar-refractivity contribution in [2.45, 2.75) is 12.3 Å². The molecule has 1 aromatic heterocycles. The van der Waals surface area contributed by atoms with Gasteiger partial charge in [0.25, 0.3) is 0 Å². The molecule has 1 atom stereocenters. The molecule has 0 fully saturated rings. The maximum atomic E-state index is 7.20. The molecule has 1 unspecified atom stereocenters. The third-order valence-corrected chi connectivity index (χ3v) is 10.3. The van der Waals surface area contributed by atoms with Crippen LogP contribution in [-0.4, -0.2) is 4.57 Å². The molecule has 2 aliphatic rings. The van der Waals surface area contributed by atoms with E-state index in [1.807, 2.05) is 12.1 Å². The van der Waals surface area contributed by atoms with E-state index in [1.165, 1.54) is 27.4 Å². The van der Waals surface area contributed by atoms with Gasteiger partial charge in [0.1, 0.15) is 23.0 Å². The minimum Gasteiger partial charge on any atom is -0.456 e. The number of allylic oxidation sites excluding steroid dienone is 3. The summed E-state index contributed by atoms with van der Waals surface area (Å²) < 4.78 is 16.7. The van der Waals surface area contributed by atoms with Gasteiger partial charge < -0.3 is 14.0 Å². The van der Waals surface area contributed by atoms with Gasteiger partial charge in [0, 0.05) is 50.2 Å². The van der Waals surface area contributed by atoms with Crippen molar-refractivity contribution in [1.29, 1.82) is 0 Å². The molecule has 0 saturated carbocycles. The SMILES string of the molecule is C1=CC2=C(c3cccc(-c4ccccc4)c3Oc3ccccc3-c3ccccc3O2)C(c2cccc3c2c2ccccc2n3-c2ccccc2)C1. The summed E-state index contributed by atoms with van der Waals surface area (Å²) >= 11 is 0. The molecule has 0 saturated heterocycles. The van der Waals surface area contributed by atoms with Crippen LogP contribution in [-0.2, 0) is 0 Å². The van der Waals surface area contributed by atoms with Gasteiger partial charge in [0.2, 0.25) is 0 Å². The van der Waals surface area contributed by atoms with Crippen molar-refractivity contribution < 1.29 is 9.47 Å². The molecule has 2 heterocycles. The molecule has 10 rings (SSSR count). The summed E-state index contributed by atoms with van der Waals surface area (Å²) in [5.41, 5.74) is 11.0. The highest BCUT2D eigenvalue weighted by Crippen LogP contribution is 2.52. The van der Waals surface area contributed by atoms with Crippen LogP contribution in [0.25, 0.3) is 55.3 Å². The van der Waals surface area contributed by atoms with Crippen molar-refractivity contribution in [2.75, 3.05) is 0 Å². The Morgan fingerprint density at radius 3 is 1.90 bits per heavy atom. The smallest absolute Gasteiger partial charge is 0.142 e. The van der Waals surface area contributed by atoms with E-state index in [2.05, 4.69) is 174 Å².